The molecule has 7 nitrogen and oxygen atoms in total. The standard InChI is InChI=1S/C26H15ClF7N3O4/c27-16-2-1-10(28)4-12(16)21-19-13(18-14(23(35)38)5-11(29)6-15(18)26(32,33)34)3-9-7-37(8-17(30)31)25(40)41-22(9)20(19)24(39)36-21/h1-6,17,21H,7-8H2,(H2,35,38)(H,36,39). The Morgan fingerprint density at radius 1 is 1.10 bits per heavy atom. The lowest BCUT2D eigenvalue weighted by Gasteiger charge is -2.30. The van der Waals surface area contributed by atoms with Crippen molar-refractivity contribution in [3.05, 3.63) is 86.4 Å². The van der Waals surface area contributed by atoms with Gasteiger partial charge in [-0.3, -0.25) is 14.5 Å². The molecule has 41 heavy (non-hydrogen) atoms. The monoisotopic (exact) mass is 601 g/mol. The Labute approximate surface area is 230 Å². The fraction of sp³-hybridized carbons (Fsp3) is 0.192. The van der Waals surface area contributed by atoms with Crippen LogP contribution in [0.25, 0.3) is 11.1 Å². The highest BCUT2D eigenvalue weighted by molar-refractivity contribution is 6.31. The number of benzene rings is 3. The minimum absolute atomic E-state index is 0.112. The second-order valence-corrected chi connectivity index (χ2v) is 9.56. The first kappa shape index (κ1) is 28.2. The van der Waals surface area contributed by atoms with Crippen molar-refractivity contribution in [2.75, 3.05) is 6.54 Å². The van der Waals surface area contributed by atoms with E-state index in [1.165, 1.54) is 0 Å². The van der Waals surface area contributed by atoms with Crippen LogP contribution in [0.2, 0.25) is 5.02 Å². The van der Waals surface area contributed by atoms with E-state index in [9.17, 15) is 45.1 Å². The molecular weight excluding hydrogens is 587 g/mol. The Morgan fingerprint density at radius 3 is 2.44 bits per heavy atom. The number of rotatable bonds is 5. The Bertz CT molecular complexity index is 1640. The number of fused-ring (bicyclic) bond motifs is 3. The van der Waals surface area contributed by atoms with E-state index in [4.69, 9.17) is 22.1 Å². The van der Waals surface area contributed by atoms with Gasteiger partial charge in [0.25, 0.3) is 12.3 Å². The minimum atomic E-state index is -5.26. The van der Waals surface area contributed by atoms with E-state index >= 15 is 0 Å². The molecule has 15 heteroatoms. The first-order valence-electron chi connectivity index (χ1n) is 11.6. The molecule has 5 rings (SSSR count). The summed E-state index contributed by atoms with van der Waals surface area (Å²) in [5.41, 5.74) is 0.250. The number of primary amides is 1. The van der Waals surface area contributed by atoms with E-state index in [1.54, 1.807) is 0 Å². The summed E-state index contributed by atoms with van der Waals surface area (Å²) >= 11 is 6.24. The Morgan fingerprint density at radius 2 is 1.80 bits per heavy atom. The molecule has 214 valence electrons. The maximum absolute atomic E-state index is 14.3. The number of ether oxygens (including phenoxy) is 1. The molecule has 0 saturated heterocycles. The normalized spacial score (nSPS) is 16.4. The van der Waals surface area contributed by atoms with Crippen molar-refractivity contribution < 1.29 is 49.9 Å². The smallest absolute Gasteiger partial charge is 0.409 e. The number of hydrogen-bond acceptors (Lipinski definition) is 4. The summed E-state index contributed by atoms with van der Waals surface area (Å²) in [4.78, 5) is 38.6. The number of nitrogens with two attached hydrogens (primary N) is 1. The number of nitrogens with one attached hydrogen (secondary N) is 1. The zero-order chi connectivity index (χ0) is 30.0. The van der Waals surface area contributed by atoms with Gasteiger partial charge in [-0.1, -0.05) is 11.6 Å². The van der Waals surface area contributed by atoms with Crippen LogP contribution in [-0.2, 0) is 12.7 Å². The molecule has 0 aromatic heterocycles. The molecule has 2 heterocycles. The topological polar surface area (TPSA) is 102 Å². The summed E-state index contributed by atoms with van der Waals surface area (Å²) in [7, 11) is 0. The average Bonchev–Trinajstić information content (AvgIpc) is 3.21. The largest absolute Gasteiger partial charge is 0.417 e. The highest BCUT2D eigenvalue weighted by Crippen LogP contribution is 2.50. The summed E-state index contributed by atoms with van der Waals surface area (Å²) in [6, 6.07) is 3.15. The van der Waals surface area contributed by atoms with Gasteiger partial charge < -0.3 is 15.8 Å². The first-order valence-corrected chi connectivity index (χ1v) is 12.0. The molecule has 3 aromatic carbocycles. The number of nitrogens with zero attached hydrogens (tertiary/aromatic N) is 1. The van der Waals surface area contributed by atoms with Gasteiger partial charge in [0, 0.05) is 27.3 Å². The number of alkyl halides is 5. The molecule has 2 aliphatic heterocycles. The summed E-state index contributed by atoms with van der Waals surface area (Å²) in [5, 5.41) is 2.34. The lowest BCUT2D eigenvalue weighted by molar-refractivity contribution is -0.137. The van der Waals surface area contributed by atoms with Gasteiger partial charge in [0.05, 0.1) is 35.8 Å². The van der Waals surface area contributed by atoms with Crippen LogP contribution in [0.5, 0.6) is 5.75 Å². The van der Waals surface area contributed by atoms with Crippen molar-refractivity contribution in [3.63, 3.8) is 0 Å². The molecule has 0 radical (unpaired) electrons. The second kappa shape index (κ2) is 9.94. The molecule has 0 spiro atoms. The number of carbonyl (C=O) groups excluding carboxylic acids is 3. The lowest BCUT2D eigenvalue weighted by Crippen LogP contribution is -2.40. The molecule has 3 amide bonds. The van der Waals surface area contributed by atoms with E-state index in [-0.39, 0.29) is 27.8 Å². The van der Waals surface area contributed by atoms with Gasteiger partial charge in [-0.15, -0.1) is 0 Å². The van der Waals surface area contributed by atoms with Gasteiger partial charge in [-0.05, 0) is 42.0 Å². The number of hydrogen-bond donors (Lipinski definition) is 2. The summed E-state index contributed by atoms with van der Waals surface area (Å²) in [6.07, 6.45) is -9.53. The molecule has 0 fully saturated rings. The maximum Gasteiger partial charge on any atom is 0.417 e. The third kappa shape index (κ3) is 4.92. The summed E-state index contributed by atoms with van der Waals surface area (Å²) in [5.74, 6) is -5.16. The van der Waals surface area contributed by atoms with Crippen molar-refractivity contribution in [1.29, 1.82) is 0 Å². The Kier molecular flexibility index (Phi) is 6.84. The maximum atomic E-state index is 14.3. The first-order chi connectivity index (χ1) is 19.2. The van der Waals surface area contributed by atoms with Crippen molar-refractivity contribution in [2.45, 2.75) is 25.2 Å². The van der Waals surface area contributed by atoms with E-state index in [0.29, 0.717) is 11.0 Å². The molecule has 0 saturated carbocycles. The quantitative estimate of drug-likeness (QED) is 0.360. The highest BCUT2D eigenvalue weighted by atomic mass is 35.5. The van der Waals surface area contributed by atoms with Gasteiger partial charge in [0.2, 0.25) is 5.91 Å². The van der Waals surface area contributed by atoms with Gasteiger partial charge in [-0.25, -0.2) is 22.4 Å². The molecule has 1 unspecified atom stereocenters. The molecule has 0 bridgehead atoms. The number of carbonyl (C=O) groups is 3. The van der Waals surface area contributed by atoms with Crippen molar-refractivity contribution >= 4 is 29.5 Å². The Hall–Kier alpha value is -4.33. The number of halogens is 8. The van der Waals surface area contributed by atoms with E-state index in [0.717, 1.165) is 24.3 Å². The van der Waals surface area contributed by atoms with E-state index in [2.05, 4.69) is 5.32 Å². The summed E-state index contributed by atoms with van der Waals surface area (Å²) in [6.45, 7) is -1.72. The minimum Gasteiger partial charge on any atom is -0.409 e. The SMILES string of the molecule is NC(=O)c1cc(F)cc(C(F)(F)F)c1-c1cc2c(c3c1C(c1cc(F)ccc1Cl)NC3=O)OC(=O)N(CC(F)F)C2. The predicted molar refractivity (Wildman–Crippen MR) is 129 cm³/mol. The van der Waals surface area contributed by atoms with Crippen LogP contribution in [0.4, 0.5) is 35.5 Å². The highest BCUT2D eigenvalue weighted by Gasteiger charge is 2.44. The van der Waals surface area contributed by atoms with Crippen LogP contribution < -0.4 is 15.8 Å². The second-order valence-electron chi connectivity index (χ2n) is 9.15. The van der Waals surface area contributed by atoms with Gasteiger partial charge >= 0.3 is 12.3 Å². The van der Waals surface area contributed by atoms with E-state index < -0.39 is 94.8 Å². The van der Waals surface area contributed by atoms with Crippen LogP contribution in [0.1, 0.15) is 49.0 Å². The van der Waals surface area contributed by atoms with Crippen LogP contribution in [0, 0.1) is 11.6 Å². The van der Waals surface area contributed by atoms with Crippen molar-refractivity contribution in [1.82, 2.24) is 10.2 Å². The van der Waals surface area contributed by atoms with Crippen LogP contribution in [-0.4, -0.2) is 35.8 Å². The predicted octanol–water partition coefficient (Wildman–Crippen LogP) is 5.82. The van der Waals surface area contributed by atoms with Gasteiger partial charge in [-0.2, -0.15) is 13.2 Å². The van der Waals surface area contributed by atoms with Crippen LogP contribution in [0.15, 0.2) is 36.4 Å². The fourth-order valence-corrected chi connectivity index (χ4v) is 5.22. The average molecular weight is 602 g/mol. The zero-order valence-corrected chi connectivity index (χ0v) is 21.0. The van der Waals surface area contributed by atoms with Crippen molar-refractivity contribution in [3.8, 4) is 16.9 Å². The fourth-order valence-electron chi connectivity index (χ4n) is 4.99. The third-order valence-corrected chi connectivity index (χ3v) is 6.91. The molecule has 0 aliphatic carbocycles. The summed E-state index contributed by atoms with van der Waals surface area (Å²) < 4.78 is 103. The van der Waals surface area contributed by atoms with Crippen LogP contribution in [0.3, 0.4) is 0 Å². The third-order valence-electron chi connectivity index (χ3n) is 6.57. The number of amides is 3. The van der Waals surface area contributed by atoms with Crippen molar-refractivity contribution in [2.24, 2.45) is 5.73 Å². The molecule has 3 N–H and O–H groups in total. The van der Waals surface area contributed by atoms with Gasteiger partial charge in [0.15, 0.2) is 5.75 Å². The molecule has 3 aromatic rings. The lowest BCUT2D eigenvalue weighted by atomic mass is 9.83. The molecule has 2 aliphatic rings. The molecule has 1 atom stereocenters. The Balaban J connectivity index is 1.90. The zero-order valence-electron chi connectivity index (χ0n) is 20.2. The van der Waals surface area contributed by atoms with Crippen LogP contribution >= 0.6 is 11.6 Å². The van der Waals surface area contributed by atoms with E-state index in [1.807, 2.05) is 0 Å². The molecular formula is C26H15ClF7N3O4. The van der Waals surface area contributed by atoms with Gasteiger partial charge in [0.1, 0.15) is 11.6 Å².